The van der Waals surface area contributed by atoms with Gasteiger partial charge in [-0.3, -0.25) is 9.78 Å². The monoisotopic (exact) mass is 360 g/mol. The van der Waals surface area contributed by atoms with Crippen LogP contribution in [0.15, 0.2) is 48.7 Å². The Labute approximate surface area is 147 Å². The van der Waals surface area contributed by atoms with E-state index in [9.17, 15) is 18.0 Å². The van der Waals surface area contributed by atoms with Crippen molar-refractivity contribution in [2.45, 2.75) is 20.0 Å². The molecule has 2 aromatic heterocycles. The van der Waals surface area contributed by atoms with Gasteiger partial charge in [-0.15, -0.1) is 0 Å². The average Bonchev–Trinajstić information content (AvgIpc) is 2.90. The number of carbonyl (C=O) groups excluding carboxylic acids is 1. The van der Waals surface area contributed by atoms with Gasteiger partial charge in [0.1, 0.15) is 5.69 Å². The first-order chi connectivity index (χ1) is 12.3. The topological polar surface area (TPSA) is 59.8 Å². The number of pyridine rings is 1. The third kappa shape index (κ3) is 3.44. The van der Waals surface area contributed by atoms with Crippen molar-refractivity contribution in [1.29, 1.82) is 0 Å². The number of hydrogen-bond acceptors (Lipinski definition) is 3. The van der Waals surface area contributed by atoms with Crippen molar-refractivity contribution in [2.24, 2.45) is 0 Å². The second-order valence-corrected chi connectivity index (χ2v) is 5.68. The van der Waals surface area contributed by atoms with Gasteiger partial charge in [0, 0.05) is 6.20 Å². The van der Waals surface area contributed by atoms with Gasteiger partial charge in [-0.25, -0.2) is 4.68 Å². The molecule has 0 spiro atoms. The third-order valence-electron chi connectivity index (χ3n) is 3.85. The van der Waals surface area contributed by atoms with E-state index in [0.717, 1.165) is 24.0 Å². The minimum absolute atomic E-state index is 0.0317. The summed E-state index contributed by atoms with van der Waals surface area (Å²) in [6.07, 6.45) is -3.64. The van der Waals surface area contributed by atoms with E-state index in [1.807, 2.05) is 30.3 Å². The Bertz CT molecular complexity index is 932. The molecule has 134 valence electrons. The van der Waals surface area contributed by atoms with Crippen molar-refractivity contribution in [3.05, 3.63) is 71.3 Å². The van der Waals surface area contributed by atoms with Crippen LogP contribution >= 0.6 is 0 Å². The summed E-state index contributed by atoms with van der Waals surface area (Å²) in [5.74, 6) is -0.551. The van der Waals surface area contributed by atoms with Gasteiger partial charge >= 0.3 is 6.18 Å². The molecule has 0 radical (unpaired) electrons. The lowest BCUT2D eigenvalue weighted by molar-refractivity contribution is -0.141. The van der Waals surface area contributed by atoms with E-state index in [2.05, 4.69) is 15.4 Å². The molecular weight excluding hydrogens is 345 g/mol. The minimum atomic E-state index is -4.54. The number of nitrogens with one attached hydrogen (secondary N) is 1. The van der Waals surface area contributed by atoms with Crippen LogP contribution in [-0.2, 0) is 6.18 Å². The Balaban J connectivity index is 1.85. The number of carbonyl (C=O) groups is 1. The number of para-hydroxylation sites is 1. The molecule has 1 N–H and O–H groups in total. The number of alkyl halides is 3. The van der Waals surface area contributed by atoms with Crippen molar-refractivity contribution in [2.75, 3.05) is 5.32 Å². The molecule has 0 aliphatic heterocycles. The van der Waals surface area contributed by atoms with Gasteiger partial charge in [-0.2, -0.15) is 18.3 Å². The van der Waals surface area contributed by atoms with E-state index < -0.39 is 17.8 Å². The highest BCUT2D eigenvalue weighted by Crippen LogP contribution is 2.27. The maximum absolute atomic E-state index is 12.6. The molecule has 8 heteroatoms. The highest BCUT2D eigenvalue weighted by molar-refractivity contribution is 6.04. The van der Waals surface area contributed by atoms with Gasteiger partial charge in [0.05, 0.1) is 28.3 Å². The molecule has 0 aliphatic carbocycles. The van der Waals surface area contributed by atoms with Crippen LogP contribution in [0.4, 0.5) is 18.9 Å². The first kappa shape index (κ1) is 17.7. The Hall–Kier alpha value is -3.16. The Morgan fingerprint density at radius 2 is 1.77 bits per heavy atom. The number of aromatic nitrogens is 3. The molecule has 0 bridgehead atoms. The summed E-state index contributed by atoms with van der Waals surface area (Å²) >= 11 is 0. The van der Waals surface area contributed by atoms with Crippen LogP contribution in [0, 0.1) is 13.8 Å². The van der Waals surface area contributed by atoms with Gasteiger partial charge in [-0.1, -0.05) is 18.2 Å². The second-order valence-electron chi connectivity index (χ2n) is 5.68. The quantitative estimate of drug-likeness (QED) is 0.763. The normalized spacial score (nSPS) is 11.4. The number of aryl methyl sites for hydroxylation is 1. The first-order valence-corrected chi connectivity index (χ1v) is 7.73. The van der Waals surface area contributed by atoms with Gasteiger partial charge < -0.3 is 5.32 Å². The highest BCUT2D eigenvalue weighted by Gasteiger charge is 2.32. The molecule has 0 saturated heterocycles. The number of amides is 1. The van der Waals surface area contributed by atoms with E-state index >= 15 is 0 Å². The van der Waals surface area contributed by atoms with Crippen molar-refractivity contribution >= 4 is 11.6 Å². The van der Waals surface area contributed by atoms with Gasteiger partial charge in [0.15, 0.2) is 0 Å². The van der Waals surface area contributed by atoms with Gasteiger partial charge in [0.2, 0.25) is 0 Å². The van der Waals surface area contributed by atoms with Crippen LogP contribution < -0.4 is 5.32 Å². The summed E-state index contributed by atoms with van der Waals surface area (Å²) < 4.78 is 39.4. The van der Waals surface area contributed by atoms with Crippen LogP contribution in [0.2, 0.25) is 0 Å². The van der Waals surface area contributed by atoms with Crippen molar-refractivity contribution in [1.82, 2.24) is 14.8 Å². The Morgan fingerprint density at radius 1 is 1.08 bits per heavy atom. The number of anilines is 1. The lowest BCUT2D eigenvalue weighted by Gasteiger charge is -2.08. The summed E-state index contributed by atoms with van der Waals surface area (Å²) in [6, 6.07) is 11.3. The van der Waals surface area contributed by atoms with E-state index in [4.69, 9.17) is 0 Å². The summed E-state index contributed by atoms with van der Waals surface area (Å²) in [5.41, 5.74) is 1.65. The molecule has 0 saturated carbocycles. The average molecular weight is 360 g/mol. The Morgan fingerprint density at radius 3 is 2.35 bits per heavy atom. The van der Waals surface area contributed by atoms with Crippen LogP contribution in [0.25, 0.3) is 5.69 Å². The molecule has 1 aromatic carbocycles. The zero-order chi connectivity index (χ0) is 18.9. The fourth-order valence-corrected chi connectivity index (χ4v) is 2.53. The summed E-state index contributed by atoms with van der Waals surface area (Å²) in [6.45, 7) is 3.54. The SMILES string of the molecule is Cc1nn(-c2ccccc2)c(C)c1NC(=O)c1ccc(C(F)(F)F)nc1. The summed E-state index contributed by atoms with van der Waals surface area (Å²) in [7, 11) is 0. The predicted molar refractivity (Wildman–Crippen MR) is 90.2 cm³/mol. The number of nitrogens with zero attached hydrogens (tertiary/aromatic N) is 3. The molecule has 2 heterocycles. The van der Waals surface area contributed by atoms with Crippen molar-refractivity contribution in [3.8, 4) is 5.69 Å². The third-order valence-corrected chi connectivity index (χ3v) is 3.85. The van der Waals surface area contributed by atoms with E-state index in [1.54, 1.807) is 18.5 Å². The molecule has 1 amide bonds. The fourth-order valence-electron chi connectivity index (χ4n) is 2.53. The van der Waals surface area contributed by atoms with Gasteiger partial charge in [-0.05, 0) is 38.1 Å². The highest BCUT2D eigenvalue weighted by atomic mass is 19.4. The van der Waals surface area contributed by atoms with E-state index in [-0.39, 0.29) is 5.56 Å². The minimum Gasteiger partial charge on any atom is -0.319 e. The lowest BCUT2D eigenvalue weighted by atomic mass is 10.2. The maximum Gasteiger partial charge on any atom is 0.433 e. The second kappa shape index (κ2) is 6.62. The number of rotatable bonds is 3. The predicted octanol–water partition coefficient (Wildman–Crippen LogP) is 4.16. The maximum atomic E-state index is 12.6. The molecule has 3 aromatic rings. The lowest BCUT2D eigenvalue weighted by Crippen LogP contribution is -2.15. The van der Waals surface area contributed by atoms with Crippen LogP contribution in [0.1, 0.15) is 27.4 Å². The van der Waals surface area contributed by atoms with Gasteiger partial charge in [0.25, 0.3) is 5.91 Å². The van der Waals surface area contributed by atoms with Crippen molar-refractivity contribution in [3.63, 3.8) is 0 Å². The smallest absolute Gasteiger partial charge is 0.319 e. The molecule has 26 heavy (non-hydrogen) atoms. The molecule has 0 atom stereocenters. The first-order valence-electron chi connectivity index (χ1n) is 7.73. The molecule has 3 rings (SSSR count). The molecule has 0 fully saturated rings. The van der Waals surface area contributed by atoms with Crippen molar-refractivity contribution < 1.29 is 18.0 Å². The number of hydrogen-bond donors (Lipinski definition) is 1. The summed E-state index contributed by atoms with van der Waals surface area (Å²) in [5, 5.41) is 7.11. The van der Waals surface area contributed by atoms with Crippen LogP contribution in [-0.4, -0.2) is 20.7 Å². The zero-order valence-corrected chi connectivity index (χ0v) is 14.0. The fraction of sp³-hybridized carbons (Fsp3) is 0.167. The number of halogens is 3. The standard InChI is InChI=1S/C18H15F3N4O/c1-11-16(12(2)25(24-11)14-6-4-3-5-7-14)23-17(26)13-8-9-15(22-10-13)18(19,20)21/h3-10H,1-2H3,(H,23,26). The molecular formula is C18H15F3N4O. The molecule has 5 nitrogen and oxygen atoms in total. The molecule has 0 aliphatic rings. The summed E-state index contributed by atoms with van der Waals surface area (Å²) in [4.78, 5) is 15.7. The molecule has 0 unspecified atom stereocenters. The van der Waals surface area contributed by atoms with E-state index in [1.165, 1.54) is 0 Å². The van der Waals surface area contributed by atoms with Crippen LogP contribution in [0.3, 0.4) is 0 Å². The zero-order valence-electron chi connectivity index (χ0n) is 14.0. The Kier molecular flexibility index (Phi) is 4.50. The van der Waals surface area contributed by atoms with Crippen LogP contribution in [0.5, 0.6) is 0 Å². The largest absolute Gasteiger partial charge is 0.433 e. The number of benzene rings is 1. The van der Waals surface area contributed by atoms with E-state index in [0.29, 0.717) is 17.1 Å².